The minimum absolute atomic E-state index is 0.0742. The second-order valence-electron chi connectivity index (χ2n) is 8.79. The fraction of sp³-hybridized carbons (Fsp3) is 0.895. The molecule has 0 radical (unpaired) electrons. The van der Waals surface area contributed by atoms with E-state index < -0.39 is 0 Å². The zero-order valence-corrected chi connectivity index (χ0v) is 13.5. The molecule has 118 valence electrons. The first-order valence-corrected chi connectivity index (χ1v) is 9.01. The molecule has 0 spiro atoms. The van der Waals surface area contributed by atoms with E-state index in [0.717, 1.165) is 37.5 Å². The summed E-state index contributed by atoms with van der Waals surface area (Å²) in [5.74, 6) is 2.27. The molecule has 0 aromatic heterocycles. The van der Waals surface area contributed by atoms with E-state index in [1.54, 1.807) is 5.57 Å². The monoisotopic (exact) mass is 290 g/mol. The number of hydrogen-bond donors (Lipinski definition) is 2. The van der Waals surface area contributed by atoms with Crippen molar-refractivity contribution in [3.63, 3.8) is 0 Å². The van der Waals surface area contributed by atoms with Crippen molar-refractivity contribution in [2.75, 3.05) is 0 Å². The molecule has 7 atom stereocenters. The van der Waals surface area contributed by atoms with Crippen LogP contribution in [-0.4, -0.2) is 22.4 Å². The second-order valence-corrected chi connectivity index (χ2v) is 8.79. The Bertz CT molecular complexity index is 470. The first-order valence-electron chi connectivity index (χ1n) is 9.01. The summed E-state index contributed by atoms with van der Waals surface area (Å²) in [5.41, 5.74) is 2.05. The maximum absolute atomic E-state index is 10.5. The second kappa shape index (κ2) is 4.58. The number of aliphatic hydroxyl groups is 2. The Morgan fingerprint density at radius 3 is 2.62 bits per heavy atom. The van der Waals surface area contributed by atoms with Gasteiger partial charge in [0.15, 0.2) is 0 Å². The summed E-state index contributed by atoms with van der Waals surface area (Å²) in [6, 6.07) is 0. The van der Waals surface area contributed by atoms with Crippen molar-refractivity contribution >= 4 is 0 Å². The highest BCUT2D eigenvalue weighted by molar-refractivity contribution is 5.25. The molecule has 21 heavy (non-hydrogen) atoms. The van der Waals surface area contributed by atoms with Crippen molar-refractivity contribution in [2.45, 2.75) is 77.4 Å². The Morgan fingerprint density at radius 2 is 1.81 bits per heavy atom. The zero-order chi connectivity index (χ0) is 14.8. The predicted molar refractivity (Wildman–Crippen MR) is 83.7 cm³/mol. The number of rotatable bonds is 0. The Balaban J connectivity index is 1.68. The van der Waals surface area contributed by atoms with Crippen molar-refractivity contribution in [2.24, 2.45) is 28.6 Å². The van der Waals surface area contributed by atoms with E-state index in [2.05, 4.69) is 19.9 Å². The summed E-state index contributed by atoms with van der Waals surface area (Å²) in [6.07, 6.45) is 11.2. The lowest BCUT2D eigenvalue weighted by atomic mass is 9.48. The minimum atomic E-state index is -0.108. The van der Waals surface area contributed by atoms with Gasteiger partial charge in [-0.25, -0.2) is 0 Å². The normalized spacial score (nSPS) is 56.2. The summed E-state index contributed by atoms with van der Waals surface area (Å²) < 4.78 is 0. The Kier molecular flexibility index (Phi) is 3.11. The van der Waals surface area contributed by atoms with Crippen molar-refractivity contribution in [1.29, 1.82) is 0 Å². The number of fused-ring (bicyclic) bond motifs is 5. The van der Waals surface area contributed by atoms with Gasteiger partial charge in [-0.05, 0) is 80.0 Å². The van der Waals surface area contributed by atoms with Crippen LogP contribution in [0, 0.1) is 28.6 Å². The van der Waals surface area contributed by atoms with Gasteiger partial charge < -0.3 is 10.2 Å². The van der Waals surface area contributed by atoms with Crippen LogP contribution in [-0.2, 0) is 0 Å². The van der Waals surface area contributed by atoms with Gasteiger partial charge in [0.05, 0.1) is 12.2 Å². The van der Waals surface area contributed by atoms with Crippen molar-refractivity contribution in [3.05, 3.63) is 11.6 Å². The molecular formula is C19H30O2. The third-order valence-corrected chi connectivity index (χ3v) is 8.03. The van der Waals surface area contributed by atoms with Crippen molar-refractivity contribution in [3.8, 4) is 0 Å². The lowest BCUT2D eigenvalue weighted by Crippen LogP contribution is -2.51. The largest absolute Gasteiger partial charge is 0.393 e. The number of hydrogen-bond acceptors (Lipinski definition) is 2. The maximum atomic E-state index is 10.5. The topological polar surface area (TPSA) is 40.5 Å². The van der Waals surface area contributed by atoms with E-state index in [1.807, 2.05) is 0 Å². The predicted octanol–water partition coefficient (Wildman–Crippen LogP) is 3.67. The van der Waals surface area contributed by atoms with Gasteiger partial charge in [0.25, 0.3) is 0 Å². The first kappa shape index (κ1) is 14.3. The van der Waals surface area contributed by atoms with Gasteiger partial charge in [0, 0.05) is 0 Å². The van der Waals surface area contributed by atoms with Gasteiger partial charge in [-0.3, -0.25) is 0 Å². The summed E-state index contributed by atoms with van der Waals surface area (Å²) in [7, 11) is 0. The van der Waals surface area contributed by atoms with Crippen LogP contribution >= 0.6 is 0 Å². The number of aliphatic hydroxyl groups excluding tert-OH is 2. The van der Waals surface area contributed by atoms with E-state index >= 15 is 0 Å². The molecular weight excluding hydrogens is 260 g/mol. The minimum Gasteiger partial charge on any atom is -0.393 e. The molecule has 0 aliphatic heterocycles. The van der Waals surface area contributed by atoms with Crippen LogP contribution in [0.1, 0.15) is 65.2 Å². The Hall–Kier alpha value is -0.340. The number of allylic oxidation sites excluding steroid dienone is 1. The highest BCUT2D eigenvalue weighted by Crippen LogP contribution is 2.64. The molecule has 0 aromatic carbocycles. The van der Waals surface area contributed by atoms with Gasteiger partial charge in [-0.2, -0.15) is 0 Å². The molecule has 0 saturated heterocycles. The van der Waals surface area contributed by atoms with Crippen LogP contribution in [0.3, 0.4) is 0 Å². The Morgan fingerprint density at radius 1 is 1.00 bits per heavy atom. The van der Waals surface area contributed by atoms with Gasteiger partial charge >= 0.3 is 0 Å². The van der Waals surface area contributed by atoms with Gasteiger partial charge in [0.2, 0.25) is 0 Å². The molecule has 3 fully saturated rings. The van der Waals surface area contributed by atoms with Crippen molar-refractivity contribution in [1.82, 2.24) is 0 Å². The molecule has 2 N–H and O–H groups in total. The molecule has 4 aliphatic rings. The van der Waals surface area contributed by atoms with Gasteiger partial charge in [-0.15, -0.1) is 0 Å². The van der Waals surface area contributed by atoms with Crippen LogP contribution in [0.4, 0.5) is 0 Å². The van der Waals surface area contributed by atoms with E-state index in [-0.39, 0.29) is 17.6 Å². The molecule has 2 nitrogen and oxygen atoms in total. The van der Waals surface area contributed by atoms with Crippen LogP contribution in [0.15, 0.2) is 11.6 Å². The van der Waals surface area contributed by atoms with Gasteiger partial charge in [0.1, 0.15) is 0 Å². The van der Waals surface area contributed by atoms with E-state index in [4.69, 9.17) is 0 Å². The van der Waals surface area contributed by atoms with E-state index in [1.165, 1.54) is 25.7 Å². The summed E-state index contributed by atoms with van der Waals surface area (Å²) in [6.45, 7) is 4.81. The molecule has 0 aromatic rings. The molecule has 2 heteroatoms. The fourth-order valence-electron chi connectivity index (χ4n) is 6.61. The third-order valence-electron chi connectivity index (χ3n) is 8.03. The lowest BCUT2D eigenvalue weighted by Gasteiger charge is -2.57. The average molecular weight is 290 g/mol. The van der Waals surface area contributed by atoms with Crippen LogP contribution in [0.2, 0.25) is 0 Å². The van der Waals surface area contributed by atoms with Crippen molar-refractivity contribution < 1.29 is 10.2 Å². The van der Waals surface area contributed by atoms with E-state index in [0.29, 0.717) is 11.3 Å². The first-order chi connectivity index (χ1) is 9.95. The highest BCUT2D eigenvalue weighted by Gasteiger charge is 2.58. The van der Waals surface area contributed by atoms with Crippen LogP contribution in [0.25, 0.3) is 0 Å². The SMILES string of the molecule is C[C@@]12CC[C@@H]3[C@@H](CC=C4C[C@@H](O)CC[C@@]43C)[C@@H]1CC[C@@H]2O. The van der Waals surface area contributed by atoms with Crippen LogP contribution < -0.4 is 0 Å². The third kappa shape index (κ3) is 1.84. The molecule has 0 unspecified atom stereocenters. The van der Waals surface area contributed by atoms with Gasteiger partial charge in [-0.1, -0.05) is 25.5 Å². The maximum Gasteiger partial charge on any atom is 0.0596 e. The highest BCUT2D eigenvalue weighted by atomic mass is 16.3. The lowest BCUT2D eigenvalue weighted by molar-refractivity contribution is -0.0711. The van der Waals surface area contributed by atoms with E-state index in [9.17, 15) is 10.2 Å². The molecule has 3 saturated carbocycles. The molecule has 0 amide bonds. The quantitative estimate of drug-likeness (QED) is 0.668. The Labute approximate surface area is 128 Å². The molecule has 0 bridgehead atoms. The molecule has 4 rings (SSSR count). The summed E-state index contributed by atoms with van der Waals surface area (Å²) >= 11 is 0. The zero-order valence-electron chi connectivity index (χ0n) is 13.5. The molecule has 0 heterocycles. The smallest absolute Gasteiger partial charge is 0.0596 e. The average Bonchev–Trinajstić information content (AvgIpc) is 2.76. The molecule has 4 aliphatic carbocycles. The standard InChI is InChI=1S/C19H30O2/c1-18-9-7-13(20)11-12(18)3-4-14-15-5-6-17(21)19(15,2)10-8-16(14)18/h3,13-17,20-21H,4-11H2,1-2H3/t13-,14-,15-,16+,17-,18-,19+/m0/s1. The van der Waals surface area contributed by atoms with Crippen LogP contribution in [0.5, 0.6) is 0 Å². The summed E-state index contributed by atoms with van der Waals surface area (Å²) in [4.78, 5) is 0. The fourth-order valence-corrected chi connectivity index (χ4v) is 6.61. The summed E-state index contributed by atoms with van der Waals surface area (Å²) in [5, 5.41) is 20.5.